The van der Waals surface area contributed by atoms with Gasteiger partial charge in [0.1, 0.15) is 22.3 Å². The zero-order chi connectivity index (χ0) is 18.6. The second-order valence-corrected chi connectivity index (χ2v) is 7.87. The molecule has 2 heterocycles. The maximum atomic E-state index is 12.2. The highest BCUT2D eigenvalue weighted by Gasteiger charge is 2.28. The fourth-order valence-corrected chi connectivity index (χ4v) is 3.37. The number of nitrogens with zero attached hydrogens (tertiary/aromatic N) is 5. The van der Waals surface area contributed by atoms with Gasteiger partial charge in [-0.25, -0.2) is 14.8 Å². The van der Waals surface area contributed by atoms with Gasteiger partial charge in [-0.2, -0.15) is 5.26 Å². The largest absolute Gasteiger partial charge is 0.444 e. The van der Waals surface area contributed by atoms with E-state index in [0.717, 1.165) is 16.0 Å². The van der Waals surface area contributed by atoms with E-state index in [4.69, 9.17) is 10.00 Å². The number of hydrogen-bond acceptors (Lipinski definition) is 6. The maximum Gasteiger partial charge on any atom is 0.410 e. The summed E-state index contributed by atoms with van der Waals surface area (Å²) in [6.07, 6.45) is 1.63. The standard InChI is InChI=1S/C17H24BrN5O2/c1-12(5-6-19)13-14(18)20-11-21-15(13)22-7-9-23(10-8-22)16(24)25-17(2,3)4/h11-12H,5,7-10H2,1-4H3. The van der Waals surface area contributed by atoms with Gasteiger partial charge in [-0.15, -0.1) is 0 Å². The summed E-state index contributed by atoms with van der Waals surface area (Å²) in [7, 11) is 0. The van der Waals surface area contributed by atoms with Gasteiger partial charge in [-0.05, 0) is 36.7 Å². The van der Waals surface area contributed by atoms with Crippen LogP contribution in [0.1, 0.15) is 45.6 Å². The van der Waals surface area contributed by atoms with Crippen LogP contribution in [0.2, 0.25) is 0 Å². The molecule has 0 saturated carbocycles. The zero-order valence-electron chi connectivity index (χ0n) is 15.1. The van der Waals surface area contributed by atoms with E-state index in [2.05, 4.69) is 36.9 Å². The number of amides is 1. The Labute approximate surface area is 157 Å². The van der Waals surface area contributed by atoms with Crippen molar-refractivity contribution in [3.63, 3.8) is 0 Å². The lowest BCUT2D eigenvalue weighted by Gasteiger charge is -2.37. The highest BCUT2D eigenvalue weighted by atomic mass is 79.9. The molecule has 1 aromatic heterocycles. The Morgan fingerprint density at radius 3 is 2.56 bits per heavy atom. The average Bonchev–Trinajstić information content (AvgIpc) is 2.53. The molecule has 2 rings (SSSR count). The van der Waals surface area contributed by atoms with E-state index >= 15 is 0 Å². The molecule has 7 nitrogen and oxygen atoms in total. The summed E-state index contributed by atoms with van der Waals surface area (Å²) >= 11 is 3.48. The Morgan fingerprint density at radius 2 is 2.00 bits per heavy atom. The minimum atomic E-state index is -0.494. The fraction of sp³-hybridized carbons (Fsp3) is 0.647. The van der Waals surface area contributed by atoms with Crippen LogP contribution in [-0.4, -0.2) is 52.7 Å². The third-order valence-electron chi connectivity index (χ3n) is 3.94. The number of aromatic nitrogens is 2. The van der Waals surface area contributed by atoms with Crippen molar-refractivity contribution in [1.82, 2.24) is 14.9 Å². The van der Waals surface area contributed by atoms with Gasteiger partial charge in [-0.3, -0.25) is 0 Å². The average molecular weight is 410 g/mol. The lowest BCUT2D eigenvalue weighted by Crippen LogP contribution is -2.50. The van der Waals surface area contributed by atoms with Gasteiger partial charge in [0, 0.05) is 44.1 Å². The molecule has 1 atom stereocenters. The van der Waals surface area contributed by atoms with Crippen molar-refractivity contribution < 1.29 is 9.53 Å². The van der Waals surface area contributed by atoms with Crippen molar-refractivity contribution in [2.24, 2.45) is 0 Å². The molecule has 1 aromatic rings. The van der Waals surface area contributed by atoms with E-state index < -0.39 is 5.60 Å². The first-order chi connectivity index (χ1) is 11.7. The van der Waals surface area contributed by atoms with E-state index in [1.165, 1.54) is 6.33 Å². The Kier molecular flexibility index (Phi) is 6.22. The molecule has 0 aromatic carbocycles. The Balaban J connectivity index is 2.10. The predicted molar refractivity (Wildman–Crippen MR) is 98.4 cm³/mol. The number of anilines is 1. The van der Waals surface area contributed by atoms with E-state index in [1.807, 2.05) is 27.7 Å². The smallest absolute Gasteiger partial charge is 0.410 e. The molecule has 1 fully saturated rings. The van der Waals surface area contributed by atoms with Gasteiger partial charge in [-0.1, -0.05) is 6.92 Å². The molecule has 0 radical (unpaired) electrons. The van der Waals surface area contributed by atoms with Gasteiger partial charge < -0.3 is 14.5 Å². The molecule has 0 bridgehead atoms. The van der Waals surface area contributed by atoms with Gasteiger partial charge in [0.2, 0.25) is 0 Å². The number of nitriles is 1. The Hall–Kier alpha value is -1.88. The van der Waals surface area contributed by atoms with Crippen LogP contribution < -0.4 is 4.90 Å². The van der Waals surface area contributed by atoms with Crippen LogP contribution >= 0.6 is 15.9 Å². The van der Waals surface area contributed by atoms with Gasteiger partial charge in [0.25, 0.3) is 0 Å². The third-order valence-corrected chi connectivity index (χ3v) is 4.57. The number of piperazine rings is 1. The zero-order valence-corrected chi connectivity index (χ0v) is 16.7. The molecule has 1 aliphatic heterocycles. The summed E-state index contributed by atoms with van der Waals surface area (Å²) in [6.45, 7) is 10.1. The van der Waals surface area contributed by atoms with Crippen molar-refractivity contribution in [1.29, 1.82) is 5.26 Å². The fourth-order valence-electron chi connectivity index (χ4n) is 2.71. The van der Waals surface area contributed by atoms with Crippen LogP contribution in [0.5, 0.6) is 0 Å². The van der Waals surface area contributed by atoms with E-state index in [1.54, 1.807) is 4.90 Å². The quantitative estimate of drug-likeness (QED) is 0.711. The SMILES string of the molecule is CC(CC#N)c1c(Br)ncnc1N1CCN(C(=O)OC(C)(C)C)CC1. The molecule has 0 spiro atoms. The molecule has 1 aliphatic rings. The molecule has 1 saturated heterocycles. The van der Waals surface area contributed by atoms with Crippen LogP contribution in [-0.2, 0) is 4.74 Å². The molecule has 8 heteroatoms. The lowest BCUT2D eigenvalue weighted by atomic mass is 10.00. The summed E-state index contributed by atoms with van der Waals surface area (Å²) < 4.78 is 6.15. The summed E-state index contributed by atoms with van der Waals surface area (Å²) in [5.74, 6) is 0.855. The molecule has 1 amide bonds. The predicted octanol–water partition coefficient (Wildman–Crippen LogP) is 3.31. The van der Waals surface area contributed by atoms with Crippen LogP contribution in [0.3, 0.4) is 0 Å². The van der Waals surface area contributed by atoms with E-state index in [-0.39, 0.29) is 12.0 Å². The summed E-state index contributed by atoms with van der Waals surface area (Å²) in [5, 5.41) is 9.00. The number of carbonyl (C=O) groups excluding carboxylic acids is 1. The molecule has 136 valence electrons. The summed E-state index contributed by atoms with van der Waals surface area (Å²) in [6, 6.07) is 2.20. The van der Waals surface area contributed by atoms with Gasteiger partial charge >= 0.3 is 6.09 Å². The van der Waals surface area contributed by atoms with Crippen LogP contribution in [0.4, 0.5) is 10.6 Å². The van der Waals surface area contributed by atoms with E-state index in [0.29, 0.717) is 32.6 Å². The highest BCUT2D eigenvalue weighted by Crippen LogP contribution is 2.33. The normalized spacial score (nSPS) is 16.3. The van der Waals surface area contributed by atoms with Gasteiger partial charge in [0.15, 0.2) is 0 Å². The molecule has 0 aliphatic carbocycles. The number of ether oxygens (including phenoxy) is 1. The van der Waals surface area contributed by atoms with Crippen molar-refractivity contribution in [2.45, 2.75) is 45.6 Å². The maximum absolute atomic E-state index is 12.2. The first-order valence-electron chi connectivity index (χ1n) is 8.33. The van der Waals surface area contributed by atoms with Crippen LogP contribution in [0.15, 0.2) is 10.9 Å². The minimum Gasteiger partial charge on any atom is -0.444 e. The minimum absolute atomic E-state index is 0.0273. The molecule has 25 heavy (non-hydrogen) atoms. The van der Waals surface area contributed by atoms with E-state index in [9.17, 15) is 4.79 Å². The van der Waals surface area contributed by atoms with Crippen molar-refractivity contribution in [3.05, 3.63) is 16.5 Å². The van der Waals surface area contributed by atoms with Crippen molar-refractivity contribution in [2.75, 3.05) is 31.1 Å². The number of halogens is 1. The second kappa shape index (κ2) is 8.00. The summed E-state index contributed by atoms with van der Waals surface area (Å²) in [4.78, 5) is 24.7. The lowest BCUT2D eigenvalue weighted by molar-refractivity contribution is 0.0240. The molecular weight excluding hydrogens is 386 g/mol. The number of hydrogen-bond donors (Lipinski definition) is 0. The monoisotopic (exact) mass is 409 g/mol. The third kappa shape index (κ3) is 5.05. The first kappa shape index (κ1) is 19.4. The van der Waals surface area contributed by atoms with Gasteiger partial charge in [0.05, 0.1) is 6.07 Å². The number of rotatable bonds is 3. The van der Waals surface area contributed by atoms with Crippen LogP contribution in [0.25, 0.3) is 0 Å². The van der Waals surface area contributed by atoms with Crippen molar-refractivity contribution >= 4 is 27.8 Å². The first-order valence-corrected chi connectivity index (χ1v) is 9.12. The topological polar surface area (TPSA) is 82.4 Å². The Bertz CT molecular complexity index is 660. The van der Waals surface area contributed by atoms with Crippen molar-refractivity contribution in [3.8, 4) is 6.07 Å². The molecular formula is C17H24BrN5O2. The second-order valence-electron chi connectivity index (χ2n) is 7.12. The highest BCUT2D eigenvalue weighted by molar-refractivity contribution is 9.10. The van der Waals surface area contributed by atoms with Crippen LogP contribution in [0, 0.1) is 11.3 Å². The Morgan fingerprint density at radius 1 is 1.36 bits per heavy atom. The number of carbonyl (C=O) groups is 1. The summed E-state index contributed by atoms with van der Waals surface area (Å²) in [5.41, 5.74) is 0.445. The molecule has 0 N–H and O–H groups in total. The molecule has 1 unspecified atom stereocenters.